The number of para-hydroxylation sites is 1. The third kappa shape index (κ3) is 4.45. The summed E-state index contributed by atoms with van der Waals surface area (Å²) in [5.41, 5.74) is 1.25. The normalized spacial score (nSPS) is 15.1. The summed E-state index contributed by atoms with van der Waals surface area (Å²) in [5, 5.41) is 8.26. The van der Waals surface area contributed by atoms with Crippen molar-refractivity contribution in [2.75, 3.05) is 30.4 Å². The van der Waals surface area contributed by atoms with Gasteiger partial charge in [0.2, 0.25) is 0 Å². The summed E-state index contributed by atoms with van der Waals surface area (Å²) in [6.45, 7) is 5.51. The largest absolute Gasteiger partial charge is 0.378 e. The van der Waals surface area contributed by atoms with Crippen molar-refractivity contribution in [3.8, 4) is 0 Å². The number of ether oxygens (including phenoxy) is 1. The molecule has 3 rings (SSSR count). The summed E-state index contributed by atoms with van der Waals surface area (Å²) in [6, 6.07) is 7.04. The Hall–Kier alpha value is -2.45. The molecule has 1 aromatic heterocycles. The molecule has 0 radical (unpaired) electrons. The number of amides is 2. The molecule has 0 bridgehead atoms. The van der Waals surface area contributed by atoms with Crippen LogP contribution in [0.1, 0.15) is 41.1 Å². The summed E-state index contributed by atoms with van der Waals surface area (Å²) in [7, 11) is 1.69. The molecule has 1 aromatic carbocycles. The van der Waals surface area contributed by atoms with E-state index < -0.39 is 0 Å². The summed E-state index contributed by atoms with van der Waals surface area (Å²) < 4.78 is 5.26. The lowest BCUT2D eigenvalue weighted by molar-refractivity contribution is 0.0787. The number of hydrogen-bond acceptors (Lipinski definition) is 6. The lowest BCUT2D eigenvalue weighted by Gasteiger charge is -2.37. The van der Waals surface area contributed by atoms with E-state index in [0.717, 1.165) is 24.6 Å². The van der Waals surface area contributed by atoms with Crippen LogP contribution in [-0.4, -0.2) is 49.1 Å². The molecule has 144 valence electrons. The van der Waals surface area contributed by atoms with Crippen LogP contribution in [0.5, 0.6) is 0 Å². The van der Waals surface area contributed by atoms with Crippen molar-refractivity contribution in [2.45, 2.75) is 32.4 Å². The number of rotatable bonds is 7. The molecular formula is C19H24N4O3S. The van der Waals surface area contributed by atoms with Crippen molar-refractivity contribution in [1.29, 1.82) is 0 Å². The average Bonchev–Trinajstić information content (AvgIpc) is 3.11. The molecule has 1 saturated heterocycles. The standard InChI is InChI=1S/C19H24N4O3S/c1-4-12(2)20-17(24)14-7-5-6-8-15(14)21-18(25)16-11-27-19(22-16)23-9-13(10-23)26-3/h5-8,11-13H,4,9-10H2,1-3H3,(H,20,24)(H,21,25)/t12-/m1/s1. The molecule has 2 N–H and O–H groups in total. The van der Waals surface area contributed by atoms with Crippen LogP contribution in [0.3, 0.4) is 0 Å². The van der Waals surface area contributed by atoms with Gasteiger partial charge in [-0.15, -0.1) is 11.3 Å². The first-order valence-electron chi connectivity index (χ1n) is 8.96. The maximum Gasteiger partial charge on any atom is 0.275 e. The highest BCUT2D eigenvalue weighted by Crippen LogP contribution is 2.26. The van der Waals surface area contributed by atoms with E-state index in [9.17, 15) is 9.59 Å². The van der Waals surface area contributed by atoms with Gasteiger partial charge in [0, 0.05) is 31.6 Å². The SMILES string of the molecule is CC[C@@H](C)NC(=O)c1ccccc1NC(=O)c1csc(N2CC(OC)C2)n1. The van der Waals surface area contributed by atoms with Gasteiger partial charge in [0.1, 0.15) is 5.69 Å². The monoisotopic (exact) mass is 388 g/mol. The molecule has 1 fully saturated rings. The molecule has 0 saturated carbocycles. The first-order valence-corrected chi connectivity index (χ1v) is 9.84. The van der Waals surface area contributed by atoms with E-state index >= 15 is 0 Å². The Kier molecular flexibility index (Phi) is 6.08. The molecule has 0 aliphatic carbocycles. The number of carbonyl (C=O) groups excluding carboxylic acids is 2. The Labute approximate surface area is 162 Å². The Morgan fingerprint density at radius 1 is 1.33 bits per heavy atom. The van der Waals surface area contributed by atoms with E-state index in [-0.39, 0.29) is 24.0 Å². The number of benzene rings is 1. The number of hydrogen-bond donors (Lipinski definition) is 2. The molecule has 2 heterocycles. The van der Waals surface area contributed by atoms with E-state index in [1.807, 2.05) is 13.8 Å². The maximum absolute atomic E-state index is 12.6. The van der Waals surface area contributed by atoms with Crippen LogP contribution in [0.15, 0.2) is 29.6 Å². The predicted octanol–water partition coefficient (Wildman–Crippen LogP) is 2.76. The Balaban J connectivity index is 1.68. The van der Waals surface area contributed by atoms with Crippen molar-refractivity contribution < 1.29 is 14.3 Å². The second-order valence-electron chi connectivity index (χ2n) is 6.56. The van der Waals surface area contributed by atoms with Crippen LogP contribution in [0.2, 0.25) is 0 Å². The minimum atomic E-state index is -0.329. The zero-order valence-electron chi connectivity index (χ0n) is 15.7. The number of carbonyl (C=O) groups is 2. The minimum absolute atomic E-state index is 0.0646. The Morgan fingerprint density at radius 2 is 2.07 bits per heavy atom. The predicted molar refractivity (Wildman–Crippen MR) is 107 cm³/mol. The lowest BCUT2D eigenvalue weighted by Crippen LogP contribution is -2.51. The summed E-state index contributed by atoms with van der Waals surface area (Å²) in [6.07, 6.45) is 1.06. The molecule has 1 aliphatic rings. The lowest BCUT2D eigenvalue weighted by atomic mass is 10.1. The van der Waals surface area contributed by atoms with Crippen LogP contribution in [0, 0.1) is 0 Å². The molecule has 0 spiro atoms. The highest BCUT2D eigenvalue weighted by Gasteiger charge is 2.29. The van der Waals surface area contributed by atoms with Gasteiger partial charge in [-0.2, -0.15) is 0 Å². The van der Waals surface area contributed by atoms with Gasteiger partial charge < -0.3 is 20.3 Å². The molecule has 1 aliphatic heterocycles. The number of aromatic nitrogens is 1. The molecular weight excluding hydrogens is 364 g/mol. The van der Waals surface area contributed by atoms with E-state index in [4.69, 9.17) is 4.74 Å². The first kappa shape index (κ1) is 19.3. The van der Waals surface area contributed by atoms with E-state index in [0.29, 0.717) is 16.9 Å². The molecule has 2 aromatic rings. The number of thiazole rings is 1. The van der Waals surface area contributed by atoms with E-state index in [1.165, 1.54) is 11.3 Å². The fourth-order valence-corrected chi connectivity index (χ4v) is 3.46. The van der Waals surface area contributed by atoms with Gasteiger partial charge in [-0.3, -0.25) is 9.59 Å². The van der Waals surface area contributed by atoms with Crippen LogP contribution in [0.4, 0.5) is 10.8 Å². The van der Waals surface area contributed by atoms with Crippen molar-refractivity contribution >= 4 is 34.0 Å². The molecule has 7 nitrogen and oxygen atoms in total. The minimum Gasteiger partial charge on any atom is -0.378 e. The summed E-state index contributed by atoms with van der Waals surface area (Å²) in [5.74, 6) is -0.532. The van der Waals surface area contributed by atoms with Gasteiger partial charge in [-0.25, -0.2) is 4.98 Å². The average molecular weight is 388 g/mol. The van der Waals surface area contributed by atoms with Gasteiger partial charge >= 0.3 is 0 Å². The van der Waals surface area contributed by atoms with Gasteiger partial charge in [0.25, 0.3) is 11.8 Å². The number of anilines is 2. The molecule has 2 amide bonds. The molecule has 1 atom stereocenters. The Bertz CT molecular complexity index is 817. The van der Waals surface area contributed by atoms with Crippen LogP contribution < -0.4 is 15.5 Å². The van der Waals surface area contributed by atoms with E-state index in [1.54, 1.807) is 36.8 Å². The zero-order chi connectivity index (χ0) is 19.4. The van der Waals surface area contributed by atoms with Gasteiger partial charge in [0.15, 0.2) is 5.13 Å². The van der Waals surface area contributed by atoms with Crippen molar-refractivity contribution in [2.24, 2.45) is 0 Å². The summed E-state index contributed by atoms with van der Waals surface area (Å²) in [4.78, 5) is 31.5. The smallest absolute Gasteiger partial charge is 0.275 e. The van der Waals surface area contributed by atoms with Crippen LogP contribution >= 0.6 is 11.3 Å². The van der Waals surface area contributed by atoms with Crippen molar-refractivity contribution in [3.05, 3.63) is 40.9 Å². The third-order valence-corrected chi connectivity index (χ3v) is 5.49. The summed E-state index contributed by atoms with van der Waals surface area (Å²) >= 11 is 1.43. The molecule has 8 heteroatoms. The molecule has 27 heavy (non-hydrogen) atoms. The van der Waals surface area contributed by atoms with Crippen LogP contribution in [0.25, 0.3) is 0 Å². The van der Waals surface area contributed by atoms with E-state index in [2.05, 4.69) is 20.5 Å². The van der Waals surface area contributed by atoms with Gasteiger partial charge in [-0.05, 0) is 25.5 Å². The number of nitrogens with one attached hydrogen (secondary N) is 2. The highest BCUT2D eigenvalue weighted by molar-refractivity contribution is 7.14. The maximum atomic E-state index is 12.6. The van der Waals surface area contributed by atoms with Crippen molar-refractivity contribution in [3.63, 3.8) is 0 Å². The fraction of sp³-hybridized carbons (Fsp3) is 0.421. The van der Waals surface area contributed by atoms with Gasteiger partial charge in [0.05, 0.1) is 17.4 Å². The van der Waals surface area contributed by atoms with Gasteiger partial charge in [-0.1, -0.05) is 19.1 Å². The third-order valence-electron chi connectivity index (χ3n) is 4.59. The number of nitrogens with zero attached hydrogens (tertiary/aromatic N) is 2. The second kappa shape index (κ2) is 8.49. The quantitative estimate of drug-likeness (QED) is 0.762. The Morgan fingerprint density at radius 3 is 2.78 bits per heavy atom. The zero-order valence-corrected chi connectivity index (χ0v) is 16.5. The second-order valence-corrected chi connectivity index (χ2v) is 7.40. The first-order chi connectivity index (χ1) is 13.0. The highest BCUT2D eigenvalue weighted by atomic mass is 32.1. The van der Waals surface area contributed by atoms with Crippen LogP contribution in [-0.2, 0) is 4.74 Å². The van der Waals surface area contributed by atoms with Crippen molar-refractivity contribution in [1.82, 2.24) is 10.3 Å². The fourth-order valence-electron chi connectivity index (χ4n) is 2.64. The molecule has 0 unspecified atom stereocenters. The topological polar surface area (TPSA) is 83.6 Å². The number of methoxy groups -OCH3 is 1.